The van der Waals surface area contributed by atoms with Gasteiger partial charge in [0.2, 0.25) is 0 Å². The van der Waals surface area contributed by atoms with Crippen LogP contribution in [0.2, 0.25) is 0 Å². The Morgan fingerprint density at radius 2 is 1.87 bits per heavy atom. The smallest absolute Gasteiger partial charge is 0.205 e. The predicted octanol–water partition coefficient (Wildman–Crippen LogP) is 4.16. The zero-order valence-electron chi connectivity index (χ0n) is 8.07. The Kier molecular flexibility index (Phi) is 4.45. The van der Waals surface area contributed by atoms with Gasteiger partial charge in [-0.3, -0.25) is 0 Å². The Balaban J connectivity index is 2.99. The molecule has 15 heavy (non-hydrogen) atoms. The summed E-state index contributed by atoms with van der Waals surface area (Å²) in [5.41, 5.74) is -0.749. The minimum absolute atomic E-state index is 0.128. The van der Waals surface area contributed by atoms with Crippen LogP contribution in [0.25, 0.3) is 0 Å². The van der Waals surface area contributed by atoms with E-state index < -0.39 is 23.6 Å². The van der Waals surface area contributed by atoms with Gasteiger partial charge in [0.25, 0.3) is 6.43 Å². The van der Waals surface area contributed by atoms with Gasteiger partial charge in [0, 0.05) is 11.3 Å². The van der Waals surface area contributed by atoms with Gasteiger partial charge >= 0.3 is 0 Å². The summed E-state index contributed by atoms with van der Waals surface area (Å²) >= 11 is 1.40. The van der Waals surface area contributed by atoms with Crippen molar-refractivity contribution in [3.8, 4) is 0 Å². The Morgan fingerprint density at radius 1 is 1.20 bits per heavy atom. The van der Waals surface area contributed by atoms with E-state index in [1.165, 1.54) is 17.8 Å². The number of hydrogen-bond acceptors (Lipinski definition) is 1. The van der Waals surface area contributed by atoms with E-state index in [1.807, 2.05) is 6.92 Å². The molecule has 0 saturated heterocycles. The molecule has 0 aliphatic carbocycles. The lowest BCUT2D eigenvalue weighted by molar-refractivity contribution is 0.145. The number of thioether (sulfide) groups is 1. The summed E-state index contributed by atoms with van der Waals surface area (Å²) in [6, 6.07) is 2.15. The van der Waals surface area contributed by atoms with Gasteiger partial charge < -0.3 is 0 Å². The third-order valence-corrected chi connectivity index (χ3v) is 2.81. The average molecular weight is 238 g/mol. The summed E-state index contributed by atoms with van der Waals surface area (Å²) in [5, 5.41) is 0. The first kappa shape index (κ1) is 12.4. The number of rotatable bonds is 4. The van der Waals surface area contributed by atoms with Crippen molar-refractivity contribution in [2.75, 3.05) is 5.75 Å². The zero-order valence-corrected chi connectivity index (χ0v) is 8.88. The molecule has 1 rings (SSSR count). The van der Waals surface area contributed by atoms with Crippen molar-refractivity contribution < 1.29 is 17.6 Å². The van der Waals surface area contributed by atoms with Crippen molar-refractivity contribution in [3.63, 3.8) is 0 Å². The first-order valence-electron chi connectivity index (χ1n) is 4.40. The second-order valence-corrected chi connectivity index (χ2v) is 4.15. The molecule has 0 amide bonds. The minimum Gasteiger partial charge on any atom is -0.205 e. The highest BCUT2D eigenvalue weighted by Gasteiger charge is 2.19. The van der Waals surface area contributed by atoms with Gasteiger partial charge in [0.05, 0.1) is 5.56 Å². The fraction of sp³-hybridized carbons (Fsp3) is 0.400. The summed E-state index contributed by atoms with van der Waals surface area (Å²) in [4.78, 5) is 0. The highest BCUT2D eigenvalue weighted by atomic mass is 32.2. The molecule has 0 radical (unpaired) electrons. The average Bonchev–Trinajstić information content (AvgIpc) is 2.20. The third-order valence-electron chi connectivity index (χ3n) is 1.89. The van der Waals surface area contributed by atoms with Crippen LogP contribution < -0.4 is 0 Å². The molecule has 84 valence electrons. The molecule has 0 nitrogen and oxygen atoms in total. The summed E-state index contributed by atoms with van der Waals surface area (Å²) < 4.78 is 50.7. The van der Waals surface area contributed by atoms with Crippen LogP contribution in [0, 0.1) is 11.6 Å². The molecule has 5 heteroatoms. The lowest BCUT2D eigenvalue weighted by Gasteiger charge is -2.07. The van der Waals surface area contributed by atoms with Gasteiger partial charge in [0.15, 0.2) is 11.6 Å². The molecule has 0 aliphatic rings. The monoisotopic (exact) mass is 238 g/mol. The quantitative estimate of drug-likeness (QED) is 0.710. The molecule has 0 aromatic heterocycles. The molecule has 0 fully saturated rings. The lowest BCUT2D eigenvalue weighted by atomic mass is 10.1. The van der Waals surface area contributed by atoms with E-state index in [9.17, 15) is 17.6 Å². The van der Waals surface area contributed by atoms with E-state index in [0.29, 0.717) is 5.75 Å². The van der Waals surface area contributed by atoms with Gasteiger partial charge in [-0.05, 0) is 11.8 Å². The van der Waals surface area contributed by atoms with Crippen molar-refractivity contribution in [1.82, 2.24) is 0 Å². The van der Waals surface area contributed by atoms with Crippen molar-refractivity contribution in [2.24, 2.45) is 0 Å². The van der Waals surface area contributed by atoms with Crippen LogP contribution in [-0.4, -0.2) is 5.75 Å². The van der Waals surface area contributed by atoms with Crippen molar-refractivity contribution >= 4 is 11.8 Å². The van der Waals surface area contributed by atoms with Crippen LogP contribution in [0.15, 0.2) is 12.1 Å². The SMILES string of the molecule is CCSCc1ccc(C(F)F)c(F)c1F. The Morgan fingerprint density at radius 3 is 2.40 bits per heavy atom. The molecule has 0 saturated carbocycles. The highest BCUT2D eigenvalue weighted by molar-refractivity contribution is 7.98. The van der Waals surface area contributed by atoms with Gasteiger partial charge in [0.1, 0.15) is 0 Å². The van der Waals surface area contributed by atoms with Crippen LogP contribution in [0.1, 0.15) is 24.5 Å². The van der Waals surface area contributed by atoms with Gasteiger partial charge in [-0.25, -0.2) is 17.6 Å². The molecular weight excluding hydrogens is 228 g/mol. The van der Waals surface area contributed by atoms with E-state index in [2.05, 4.69) is 0 Å². The molecule has 0 bridgehead atoms. The standard InChI is InChI=1S/C10H10F4S/c1-2-15-5-6-3-4-7(10(13)14)9(12)8(6)11/h3-4,10H,2,5H2,1H3. The van der Waals surface area contributed by atoms with Crippen molar-refractivity contribution in [3.05, 3.63) is 34.9 Å². The zero-order chi connectivity index (χ0) is 11.4. The third kappa shape index (κ3) is 2.87. The molecule has 1 aromatic rings. The normalized spacial score (nSPS) is 11.1. The molecular formula is C10H10F4S. The van der Waals surface area contributed by atoms with Crippen molar-refractivity contribution in [2.45, 2.75) is 19.1 Å². The van der Waals surface area contributed by atoms with E-state index in [-0.39, 0.29) is 5.56 Å². The molecule has 0 N–H and O–H groups in total. The van der Waals surface area contributed by atoms with Crippen LogP contribution in [0.3, 0.4) is 0 Å². The predicted molar refractivity (Wildman–Crippen MR) is 53.2 cm³/mol. The van der Waals surface area contributed by atoms with Crippen LogP contribution >= 0.6 is 11.8 Å². The Hall–Kier alpha value is -0.710. The topological polar surface area (TPSA) is 0 Å². The maximum absolute atomic E-state index is 13.2. The summed E-state index contributed by atoms with van der Waals surface area (Å²) in [6.07, 6.45) is -2.98. The second kappa shape index (κ2) is 5.39. The van der Waals surface area contributed by atoms with E-state index in [4.69, 9.17) is 0 Å². The van der Waals surface area contributed by atoms with E-state index >= 15 is 0 Å². The number of hydrogen-bond donors (Lipinski definition) is 0. The van der Waals surface area contributed by atoms with Crippen LogP contribution in [0.4, 0.5) is 17.6 Å². The summed E-state index contributed by atoms with van der Waals surface area (Å²) in [6.45, 7) is 1.88. The largest absolute Gasteiger partial charge is 0.266 e. The lowest BCUT2D eigenvalue weighted by Crippen LogP contribution is -1.99. The highest BCUT2D eigenvalue weighted by Crippen LogP contribution is 2.27. The van der Waals surface area contributed by atoms with E-state index in [0.717, 1.165) is 11.8 Å². The van der Waals surface area contributed by atoms with Crippen LogP contribution in [0.5, 0.6) is 0 Å². The second-order valence-electron chi connectivity index (χ2n) is 2.88. The first-order valence-corrected chi connectivity index (χ1v) is 5.56. The van der Waals surface area contributed by atoms with Crippen molar-refractivity contribution in [1.29, 1.82) is 0 Å². The molecule has 0 heterocycles. The molecule has 0 spiro atoms. The Labute approximate surface area is 89.7 Å². The first-order chi connectivity index (χ1) is 7.07. The molecule has 1 aromatic carbocycles. The number of benzene rings is 1. The number of halogens is 4. The van der Waals surface area contributed by atoms with E-state index in [1.54, 1.807) is 0 Å². The number of alkyl halides is 2. The van der Waals surface area contributed by atoms with Gasteiger partial charge in [-0.2, -0.15) is 11.8 Å². The fourth-order valence-corrected chi connectivity index (χ4v) is 1.74. The summed E-state index contributed by atoms with van der Waals surface area (Å²) in [7, 11) is 0. The summed E-state index contributed by atoms with van der Waals surface area (Å²) in [5.74, 6) is -1.53. The van der Waals surface area contributed by atoms with Crippen LogP contribution in [-0.2, 0) is 5.75 Å². The maximum Gasteiger partial charge on any atom is 0.266 e. The fourth-order valence-electron chi connectivity index (χ4n) is 1.10. The molecule has 0 atom stereocenters. The minimum atomic E-state index is -2.98. The van der Waals surface area contributed by atoms with Gasteiger partial charge in [-0.1, -0.05) is 13.0 Å². The molecule has 0 aliphatic heterocycles. The Bertz CT molecular complexity index is 338. The van der Waals surface area contributed by atoms with Gasteiger partial charge in [-0.15, -0.1) is 0 Å². The maximum atomic E-state index is 13.2. The molecule has 0 unspecified atom stereocenters.